The van der Waals surface area contributed by atoms with Crippen LogP contribution in [-0.4, -0.2) is 57.0 Å². The van der Waals surface area contributed by atoms with Crippen molar-refractivity contribution in [1.82, 2.24) is 15.8 Å². The lowest BCUT2D eigenvalue weighted by Gasteiger charge is -2.43. The number of aliphatic carboxylic acids is 1. The number of aromatic nitrogens is 1. The summed E-state index contributed by atoms with van der Waals surface area (Å²) in [6, 6.07) is 16.9. The van der Waals surface area contributed by atoms with E-state index in [2.05, 4.69) is 10.3 Å². The van der Waals surface area contributed by atoms with Crippen LogP contribution in [0.15, 0.2) is 54.6 Å². The van der Waals surface area contributed by atoms with Crippen LogP contribution in [0.3, 0.4) is 0 Å². The van der Waals surface area contributed by atoms with Gasteiger partial charge in [0.25, 0.3) is 5.91 Å². The van der Waals surface area contributed by atoms with Crippen LogP contribution >= 0.6 is 0 Å². The molecule has 10 nitrogen and oxygen atoms in total. The number of rotatable bonds is 7. The zero-order chi connectivity index (χ0) is 31.1. The summed E-state index contributed by atoms with van der Waals surface area (Å²) in [4.78, 5) is 38.5. The van der Waals surface area contributed by atoms with Crippen molar-refractivity contribution >= 4 is 28.7 Å². The summed E-state index contributed by atoms with van der Waals surface area (Å²) >= 11 is 0. The number of carboxylic acids is 1. The fourth-order valence-corrected chi connectivity index (χ4v) is 5.00. The smallest absolute Gasteiger partial charge is 0.489 e. The van der Waals surface area contributed by atoms with Crippen molar-refractivity contribution in [3.05, 3.63) is 71.4 Å². The minimum atomic E-state index is -5.08. The van der Waals surface area contributed by atoms with Crippen LogP contribution in [-0.2, 0) is 20.9 Å². The number of pyridine rings is 1. The maximum atomic E-state index is 13.1. The molecule has 2 amide bonds. The second-order valence-corrected chi connectivity index (χ2v) is 10.2. The van der Waals surface area contributed by atoms with Gasteiger partial charge in [-0.3, -0.25) is 19.8 Å². The van der Waals surface area contributed by atoms with E-state index in [-0.39, 0.29) is 24.5 Å². The zero-order valence-electron chi connectivity index (χ0n) is 23.2. The number of fused-ring (bicyclic) bond motifs is 1. The van der Waals surface area contributed by atoms with Crippen LogP contribution in [0.1, 0.15) is 54.7 Å². The summed E-state index contributed by atoms with van der Waals surface area (Å²) in [5.74, 6) is -2.95. The summed E-state index contributed by atoms with van der Waals surface area (Å²) < 4.78 is 43.5. The number of nitrogens with one attached hydrogen (secondary N) is 2. The predicted molar refractivity (Wildman–Crippen MR) is 145 cm³/mol. The minimum Gasteiger partial charge on any atom is -0.489 e. The minimum absolute atomic E-state index is 0.0339. The number of ether oxygens (including phenoxy) is 2. The first kappa shape index (κ1) is 32.3. The average molecular weight is 592 g/mol. The first-order valence-electron chi connectivity index (χ1n) is 13.0. The SMILES string of the molecule is Cc1cc(COc2ccc(C(=O)NC3(CC(=O)NO)C[C@@H](C)O[C@@H](C)C3)cc2)c2ccccc2n1.O=C(O)C(F)(F)F. The second kappa shape index (κ2) is 13.6. The van der Waals surface area contributed by atoms with Gasteiger partial charge in [0, 0.05) is 22.2 Å². The molecule has 1 unspecified atom stereocenters. The molecule has 1 aliphatic rings. The summed E-state index contributed by atoms with van der Waals surface area (Å²) in [5, 5.41) is 20.3. The predicted octanol–water partition coefficient (Wildman–Crippen LogP) is 4.71. The number of benzene rings is 2. The van der Waals surface area contributed by atoms with Crippen LogP contribution in [0, 0.1) is 6.92 Å². The van der Waals surface area contributed by atoms with Gasteiger partial charge in [-0.05, 0) is 70.0 Å². The van der Waals surface area contributed by atoms with E-state index in [0.717, 1.165) is 22.2 Å². The third kappa shape index (κ3) is 8.88. The van der Waals surface area contributed by atoms with Gasteiger partial charge < -0.3 is 19.9 Å². The number of hydrogen-bond donors (Lipinski definition) is 4. The summed E-state index contributed by atoms with van der Waals surface area (Å²) in [6.07, 6.45) is -4.44. The molecule has 3 atom stereocenters. The molecule has 0 aliphatic carbocycles. The van der Waals surface area contributed by atoms with Gasteiger partial charge in [-0.1, -0.05) is 18.2 Å². The molecule has 226 valence electrons. The highest BCUT2D eigenvalue weighted by Gasteiger charge is 2.41. The molecular weight excluding hydrogens is 559 g/mol. The highest BCUT2D eigenvalue weighted by molar-refractivity contribution is 5.95. The molecule has 0 radical (unpaired) electrons. The summed E-state index contributed by atoms with van der Waals surface area (Å²) in [5.41, 5.74) is 4.22. The van der Waals surface area contributed by atoms with Crippen molar-refractivity contribution in [2.45, 2.75) is 70.6 Å². The first-order chi connectivity index (χ1) is 19.7. The Morgan fingerprint density at radius 1 is 1.07 bits per heavy atom. The number of amides is 2. The van der Waals surface area contributed by atoms with Crippen LogP contribution in [0.2, 0.25) is 0 Å². The van der Waals surface area contributed by atoms with Gasteiger partial charge in [0.15, 0.2) is 0 Å². The summed E-state index contributed by atoms with van der Waals surface area (Å²) in [6.45, 7) is 6.16. The van der Waals surface area contributed by atoms with Gasteiger partial charge in [-0.15, -0.1) is 0 Å². The van der Waals surface area contributed by atoms with Crippen molar-refractivity contribution in [3.8, 4) is 5.75 Å². The highest BCUT2D eigenvalue weighted by Crippen LogP contribution is 2.32. The molecule has 4 N–H and O–H groups in total. The molecule has 42 heavy (non-hydrogen) atoms. The first-order valence-corrected chi connectivity index (χ1v) is 13.0. The number of carbonyl (C=O) groups is 3. The number of hydroxylamine groups is 1. The molecule has 1 fully saturated rings. The fourth-order valence-electron chi connectivity index (χ4n) is 5.00. The standard InChI is InChI=1S/C27H31N3O5.C2HF3O2/c1-17-12-21(23-6-4-5-7-24(23)28-17)16-34-22-10-8-20(9-11-22)26(32)29-27(15-25(31)30-33)13-18(2)35-19(3)14-27;3-2(4,5)1(6)7/h4-12,18-19,33H,13-16H2,1-3H3,(H,29,32)(H,30,31);(H,6,7)/t18-,19+,27?;. The Morgan fingerprint density at radius 3 is 2.24 bits per heavy atom. The van der Waals surface area contributed by atoms with Crippen molar-refractivity contribution in [2.75, 3.05) is 0 Å². The van der Waals surface area contributed by atoms with Gasteiger partial charge in [0.1, 0.15) is 12.4 Å². The molecule has 1 aliphatic heterocycles. The van der Waals surface area contributed by atoms with Gasteiger partial charge in [-0.25, -0.2) is 10.3 Å². The third-order valence-corrected chi connectivity index (χ3v) is 6.51. The summed E-state index contributed by atoms with van der Waals surface area (Å²) in [7, 11) is 0. The van der Waals surface area contributed by atoms with E-state index in [0.29, 0.717) is 30.8 Å². The Bertz CT molecular complexity index is 1400. The molecule has 4 rings (SSSR count). The Labute approximate surface area is 239 Å². The van der Waals surface area contributed by atoms with Crippen LogP contribution in [0.4, 0.5) is 13.2 Å². The number of para-hydroxylation sites is 1. The number of carbonyl (C=O) groups excluding carboxylic acids is 2. The largest absolute Gasteiger partial charge is 0.490 e. The van der Waals surface area contributed by atoms with Crippen molar-refractivity contribution < 1.29 is 47.3 Å². The Kier molecular flexibility index (Phi) is 10.5. The maximum absolute atomic E-state index is 13.1. The lowest BCUT2D eigenvalue weighted by molar-refractivity contribution is -0.192. The Hall–Kier alpha value is -4.23. The zero-order valence-corrected chi connectivity index (χ0v) is 23.2. The normalized spacial score (nSPS) is 20.2. The molecule has 0 spiro atoms. The number of alkyl halides is 3. The van der Waals surface area contributed by atoms with E-state index in [9.17, 15) is 22.8 Å². The third-order valence-electron chi connectivity index (χ3n) is 6.51. The maximum Gasteiger partial charge on any atom is 0.490 e. The van der Waals surface area contributed by atoms with Crippen molar-refractivity contribution in [2.24, 2.45) is 0 Å². The van der Waals surface area contributed by atoms with Crippen molar-refractivity contribution in [3.63, 3.8) is 0 Å². The van der Waals surface area contributed by atoms with E-state index in [1.54, 1.807) is 29.7 Å². The number of aryl methyl sites for hydroxylation is 1. The number of halogens is 3. The molecular formula is C29H32F3N3O7. The second-order valence-electron chi connectivity index (χ2n) is 10.2. The average Bonchev–Trinajstić information content (AvgIpc) is 2.90. The Morgan fingerprint density at radius 2 is 1.67 bits per heavy atom. The molecule has 1 aromatic heterocycles. The molecule has 3 aromatic rings. The number of carboxylic acid groups (broad SMARTS) is 1. The Balaban J connectivity index is 0.000000616. The number of hydrogen-bond acceptors (Lipinski definition) is 7. The monoisotopic (exact) mass is 591 g/mol. The molecule has 2 heterocycles. The van der Waals surface area contributed by atoms with Crippen LogP contribution in [0.5, 0.6) is 5.75 Å². The quantitative estimate of drug-likeness (QED) is 0.228. The highest BCUT2D eigenvalue weighted by atomic mass is 19.4. The van der Waals surface area contributed by atoms with E-state index >= 15 is 0 Å². The van der Waals surface area contributed by atoms with Gasteiger partial charge in [0.2, 0.25) is 5.91 Å². The molecule has 0 saturated carbocycles. The van der Waals surface area contributed by atoms with Gasteiger partial charge in [0.05, 0.1) is 29.7 Å². The molecule has 1 saturated heterocycles. The van der Waals surface area contributed by atoms with Crippen LogP contribution < -0.4 is 15.5 Å². The topological polar surface area (TPSA) is 147 Å². The fraction of sp³-hybridized carbons (Fsp3) is 0.379. The molecule has 13 heteroatoms. The van der Waals surface area contributed by atoms with Gasteiger partial charge >= 0.3 is 12.1 Å². The van der Waals surface area contributed by atoms with E-state index in [1.807, 2.05) is 51.1 Å². The molecule has 0 bridgehead atoms. The lowest BCUT2D eigenvalue weighted by Crippen LogP contribution is -2.57. The van der Waals surface area contributed by atoms with E-state index in [1.165, 1.54) is 0 Å². The van der Waals surface area contributed by atoms with E-state index in [4.69, 9.17) is 24.6 Å². The molecule has 2 aromatic carbocycles. The van der Waals surface area contributed by atoms with Gasteiger partial charge in [-0.2, -0.15) is 13.2 Å². The van der Waals surface area contributed by atoms with E-state index < -0.39 is 23.6 Å². The van der Waals surface area contributed by atoms with Crippen LogP contribution in [0.25, 0.3) is 10.9 Å². The van der Waals surface area contributed by atoms with Crippen molar-refractivity contribution in [1.29, 1.82) is 0 Å². The lowest BCUT2D eigenvalue weighted by atomic mass is 9.80. The number of nitrogens with zero attached hydrogens (tertiary/aromatic N) is 1.